The molecule has 1 heterocycles. The average molecular weight is 413 g/mol. The van der Waals surface area contributed by atoms with E-state index in [1.54, 1.807) is 0 Å². The molecular weight excluding hydrogens is 388 g/mol. The zero-order valence-corrected chi connectivity index (χ0v) is 17.4. The Labute approximate surface area is 168 Å². The highest BCUT2D eigenvalue weighted by Gasteiger charge is 2.31. The number of benzene rings is 1. The van der Waals surface area contributed by atoms with E-state index in [1.165, 1.54) is 18.3 Å². The highest BCUT2D eigenvalue weighted by molar-refractivity contribution is 7.20. The molecule has 148 valence electrons. The standard InChI is InChI=1S/C19H25ClN2O4S/c1-4-25-19-22-15-5-6-16(17(20)18(15)27-19)26-14-7-13(8-14)10-24-9-11(2)21-12(3)23/h5-6,11,13-14H,4,7-10H2,1-3H3,(H,21,23)/t11-,13-,14-/m0/s1. The number of nitrogens with one attached hydrogen (secondary N) is 1. The van der Waals surface area contributed by atoms with Crippen LogP contribution in [0.25, 0.3) is 10.2 Å². The Morgan fingerprint density at radius 1 is 1.44 bits per heavy atom. The van der Waals surface area contributed by atoms with Gasteiger partial charge in [0.25, 0.3) is 5.19 Å². The molecule has 0 unspecified atom stereocenters. The van der Waals surface area contributed by atoms with Crippen LogP contribution in [0.2, 0.25) is 5.02 Å². The smallest absolute Gasteiger partial charge is 0.274 e. The van der Waals surface area contributed by atoms with Gasteiger partial charge in [-0.25, -0.2) is 4.98 Å². The Morgan fingerprint density at radius 3 is 2.93 bits per heavy atom. The lowest BCUT2D eigenvalue weighted by molar-refractivity contribution is -0.120. The van der Waals surface area contributed by atoms with E-state index in [2.05, 4.69) is 10.3 Å². The summed E-state index contributed by atoms with van der Waals surface area (Å²) < 4.78 is 18.1. The molecule has 1 aliphatic carbocycles. The molecule has 1 aromatic heterocycles. The molecule has 1 amide bonds. The van der Waals surface area contributed by atoms with E-state index < -0.39 is 0 Å². The molecule has 1 N–H and O–H groups in total. The molecule has 1 aromatic carbocycles. The number of aromatic nitrogens is 1. The predicted octanol–water partition coefficient (Wildman–Crippen LogP) is 4.05. The fourth-order valence-electron chi connectivity index (χ4n) is 3.08. The number of amides is 1. The average Bonchev–Trinajstić information content (AvgIpc) is 2.97. The first-order valence-electron chi connectivity index (χ1n) is 9.19. The molecule has 0 bridgehead atoms. The van der Waals surface area contributed by atoms with Crippen molar-refractivity contribution in [1.82, 2.24) is 10.3 Å². The number of halogens is 1. The second-order valence-corrected chi connectivity index (χ2v) is 8.19. The zero-order valence-electron chi connectivity index (χ0n) is 15.8. The van der Waals surface area contributed by atoms with E-state index >= 15 is 0 Å². The second kappa shape index (κ2) is 9.08. The maximum absolute atomic E-state index is 11.0. The third-order valence-corrected chi connectivity index (χ3v) is 5.86. The second-order valence-electron chi connectivity index (χ2n) is 6.86. The first-order chi connectivity index (χ1) is 13.0. The molecule has 1 saturated carbocycles. The third-order valence-electron chi connectivity index (χ3n) is 4.37. The molecule has 0 aliphatic heterocycles. The molecule has 27 heavy (non-hydrogen) atoms. The minimum Gasteiger partial charge on any atom is -0.489 e. The molecular formula is C19H25ClN2O4S. The predicted molar refractivity (Wildman–Crippen MR) is 107 cm³/mol. The molecule has 3 rings (SSSR count). The number of carbonyl (C=O) groups is 1. The van der Waals surface area contributed by atoms with Crippen molar-refractivity contribution in [3.05, 3.63) is 17.2 Å². The van der Waals surface area contributed by atoms with E-state index in [1.807, 2.05) is 26.0 Å². The number of nitrogens with zero attached hydrogens (tertiary/aromatic N) is 1. The number of fused-ring (bicyclic) bond motifs is 1. The normalized spacial score (nSPS) is 20.1. The van der Waals surface area contributed by atoms with Crippen LogP contribution in [-0.2, 0) is 9.53 Å². The van der Waals surface area contributed by atoms with Crippen LogP contribution in [0.1, 0.15) is 33.6 Å². The molecule has 1 aliphatic rings. The van der Waals surface area contributed by atoms with Gasteiger partial charge < -0.3 is 19.5 Å². The van der Waals surface area contributed by atoms with Crippen molar-refractivity contribution in [1.29, 1.82) is 0 Å². The van der Waals surface area contributed by atoms with Crippen molar-refractivity contribution >= 4 is 39.1 Å². The molecule has 1 fully saturated rings. The summed E-state index contributed by atoms with van der Waals surface area (Å²) in [6.07, 6.45) is 2.03. The summed E-state index contributed by atoms with van der Waals surface area (Å²) in [5.74, 6) is 1.14. The fraction of sp³-hybridized carbons (Fsp3) is 0.579. The Kier molecular flexibility index (Phi) is 6.78. The quantitative estimate of drug-likeness (QED) is 0.672. The van der Waals surface area contributed by atoms with Gasteiger partial charge in [-0.1, -0.05) is 22.9 Å². The van der Waals surface area contributed by atoms with Crippen LogP contribution in [0, 0.1) is 5.92 Å². The van der Waals surface area contributed by atoms with E-state index in [4.69, 9.17) is 25.8 Å². The first-order valence-corrected chi connectivity index (χ1v) is 10.4. The molecule has 0 saturated heterocycles. The molecule has 8 heteroatoms. The summed E-state index contributed by atoms with van der Waals surface area (Å²) in [5.41, 5.74) is 0.828. The maximum atomic E-state index is 11.0. The lowest BCUT2D eigenvalue weighted by atomic mass is 9.83. The topological polar surface area (TPSA) is 69.7 Å². The van der Waals surface area contributed by atoms with Gasteiger partial charge in [0.2, 0.25) is 5.91 Å². The number of hydrogen-bond acceptors (Lipinski definition) is 6. The van der Waals surface area contributed by atoms with Crippen LogP contribution in [0.4, 0.5) is 0 Å². The monoisotopic (exact) mass is 412 g/mol. The van der Waals surface area contributed by atoms with E-state index in [0.717, 1.165) is 23.1 Å². The van der Waals surface area contributed by atoms with Crippen molar-refractivity contribution in [2.45, 2.75) is 45.8 Å². The van der Waals surface area contributed by atoms with Crippen LogP contribution in [0.5, 0.6) is 10.9 Å². The SMILES string of the molecule is CCOc1nc2ccc(O[C@H]3C[C@H](COC[C@H](C)NC(C)=O)C3)c(Cl)c2s1. The highest BCUT2D eigenvalue weighted by Crippen LogP contribution is 2.41. The van der Waals surface area contributed by atoms with Gasteiger partial charge in [-0.2, -0.15) is 0 Å². The molecule has 6 nitrogen and oxygen atoms in total. The van der Waals surface area contributed by atoms with Crippen LogP contribution in [0.3, 0.4) is 0 Å². The highest BCUT2D eigenvalue weighted by atomic mass is 35.5. The third kappa shape index (κ3) is 5.24. The minimum atomic E-state index is -0.0358. The maximum Gasteiger partial charge on any atom is 0.274 e. The lowest BCUT2D eigenvalue weighted by Gasteiger charge is -2.35. The van der Waals surface area contributed by atoms with Gasteiger partial charge in [-0.15, -0.1) is 0 Å². The summed E-state index contributed by atoms with van der Waals surface area (Å²) in [6, 6.07) is 3.82. The van der Waals surface area contributed by atoms with Crippen molar-refractivity contribution in [3.63, 3.8) is 0 Å². The Bertz CT molecular complexity index is 791. The molecule has 0 radical (unpaired) electrons. The van der Waals surface area contributed by atoms with Crippen LogP contribution in [0.15, 0.2) is 12.1 Å². The van der Waals surface area contributed by atoms with Crippen molar-refractivity contribution < 1.29 is 19.0 Å². The number of thiazole rings is 1. The Hall–Kier alpha value is -1.57. The van der Waals surface area contributed by atoms with Gasteiger partial charge in [0.05, 0.1) is 29.5 Å². The van der Waals surface area contributed by atoms with Crippen LogP contribution >= 0.6 is 22.9 Å². The summed E-state index contributed by atoms with van der Waals surface area (Å²) in [7, 11) is 0. The van der Waals surface area contributed by atoms with Crippen LogP contribution in [-0.4, -0.2) is 42.9 Å². The first kappa shape index (κ1) is 20.2. The minimum absolute atomic E-state index is 0.0288. The van der Waals surface area contributed by atoms with Crippen LogP contribution < -0.4 is 14.8 Å². The summed E-state index contributed by atoms with van der Waals surface area (Å²) in [6.45, 7) is 7.16. The Morgan fingerprint density at radius 2 is 2.22 bits per heavy atom. The molecule has 1 atom stereocenters. The van der Waals surface area contributed by atoms with Crippen molar-refractivity contribution in [2.24, 2.45) is 5.92 Å². The number of hydrogen-bond donors (Lipinski definition) is 1. The van der Waals surface area contributed by atoms with Crippen molar-refractivity contribution in [3.8, 4) is 10.9 Å². The zero-order chi connectivity index (χ0) is 19.4. The number of ether oxygens (including phenoxy) is 3. The lowest BCUT2D eigenvalue weighted by Crippen LogP contribution is -2.38. The Balaban J connectivity index is 1.46. The fourth-order valence-corrected chi connectivity index (χ4v) is 4.31. The van der Waals surface area contributed by atoms with E-state index in [-0.39, 0.29) is 18.1 Å². The van der Waals surface area contributed by atoms with Gasteiger partial charge in [0, 0.05) is 19.6 Å². The summed E-state index contributed by atoms with van der Waals surface area (Å²) in [5, 5.41) is 4.03. The summed E-state index contributed by atoms with van der Waals surface area (Å²) in [4.78, 5) is 15.4. The summed E-state index contributed by atoms with van der Waals surface area (Å²) >= 11 is 7.95. The van der Waals surface area contributed by atoms with E-state index in [0.29, 0.717) is 41.7 Å². The number of carbonyl (C=O) groups excluding carboxylic acids is 1. The van der Waals surface area contributed by atoms with Gasteiger partial charge in [-0.3, -0.25) is 4.79 Å². The molecule has 2 aromatic rings. The van der Waals surface area contributed by atoms with Gasteiger partial charge in [0.15, 0.2) is 0 Å². The molecule has 0 spiro atoms. The van der Waals surface area contributed by atoms with Crippen molar-refractivity contribution in [2.75, 3.05) is 19.8 Å². The van der Waals surface area contributed by atoms with Gasteiger partial charge in [-0.05, 0) is 44.7 Å². The number of rotatable bonds is 9. The van der Waals surface area contributed by atoms with Gasteiger partial charge in [0.1, 0.15) is 10.8 Å². The van der Waals surface area contributed by atoms with Gasteiger partial charge >= 0.3 is 0 Å². The van der Waals surface area contributed by atoms with E-state index in [9.17, 15) is 4.79 Å². The largest absolute Gasteiger partial charge is 0.489 e.